The second kappa shape index (κ2) is 8.90. The highest BCUT2D eigenvalue weighted by Gasteiger charge is 2.31. The van der Waals surface area contributed by atoms with Gasteiger partial charge in [-0.2, -0.15) is 0 Å². The summed E-state index contributed by atoms with van der Waals surface area (Å²) in [5, 5.41) is 13.5. The molecule has 2 aromatic heterocycles. The Balaban J connectivity index is 1.29. The van der Waals surface area contributed by atoms with Crippen molar-refractivity contribution in [3.63, 3.8) is 0 Å². The van der Waals surface area contributed by atoms with Gasteiger partial charge in [-0.3, -0.25) is 9.36 Å². The average Bonchev–Trinajstić information content (AvgIpc) is 3.43. The fourth-order valence-electron chi connectivity index (χ4n) is 3.73. The van der Waals surface area contributed by atoms with E-state index in [1.54, 1.807) is 12.1 Å². The van der Waals surface area contributed by atoms with Gasteiger partial charge in [0.2, 0.25) is 15.9 Å². The number of carbonyl (C=O) groups excluding carboxylic acids is 1. The number of hydrogen-bond acceptors (Lipinski definition) is 6. The van der Waals surface area contributed by atoms with Crippen LogP contribution in [0, 0.1) is 0 Å². The topological polar surface area (TPSA) is 113 Å². The number of nitrogens with one attached hydrogen (secondary N) is 2. The molecule has 1 aliphatic rings. The molecular weight excluding hydrogens is 472 g/mol. The van der Waals surface area contributed by atoms with Crippen LogP contribution in [0.4, 0.5) is 5.69 Å². The Morgan fingerprint density at radius 3 is 2.59 bits per heavy atom. The Kier molecular flexibility index (Phi) is 5.92. The Morgan fingerprint density at radius 2 is 1.88 bits per heavy atom. The predicted octanol–water partition coefficient (Wildman–Crippen LogP) is 3.74. The van der Waals surface area contributed by atoms with Gasteiger partial charge in [0, 0.05) is 48.5 Å². The summed E-state index contributed by atoms with van der Waals surface area (Å²) in [6.07, 6.45) is 4.08. The van der Waals surface area contributed by atoms with E-state index in [4.69, 9.17) is 0 Å². The molecule has 1 fully saturated rings. The number of nitrogens with zero attached hydrogens (tertiary/aromatic N) is 4. The zero-order valence-electron chi connectivity index (χ0n) is 18.7. The van der Waals surface area contributed by atoms with Crippen LogP contribution in [-0.2, 0) is 14.8 Å². The number of para-hydroxylation sites is 1. The molecule has 4 aromatic rings. The van der Waals surface area contributed by atoms with E-state index in [-0.39, 0.29) is 16.6 Å². The number of hydrogen-bond donors (Lipinski definition) is 2. The zero-order chi connectivity index (χ0) is 23.9. The maximum Gasteiger partial charge on any atom is 0.242 e. The second-order valence-corrected chi connectivity index (χ2v) is 11.4. The largest absolute Gasteiger partial charge is 0.360 e. The average molecular weight is 497 g/mol. The molecular formula is C23H24N6O3S2. The first-order valence-electron chi connectivity index (χ1n) is 10.8. The number of H-pyrrole nitrogens is 1. The molecule has 0 spiro atoms. The molecule has 1 amide bonds. The van der Waals surface area contributed by atoms with Crippen molar-refractivity contribution in [2.75, 3.05) is 25.2 Å². The third-order valence-electron chi connectivity index (χ3n) is 5.66. The summed E-state index contributed by atoms with van der Waals surface area (Å²) in [7, 11) is -0.552. The molecule has 5 rings (SSSR count). The van der Waals surface area contributed by atoms with Gasteiger partial charge in [-0.25, -0.2) is 12.7 Å². The normalized spacial score (nSPS) is 14.1. The van der Waals surface area contributed by atoms with Crippen molar-refractivity contribution in [3.05, 3.63) is 54.7 Å². The Hall–Kier alpha value is -3.15. The fourth-order valence-corrected chi connectivity index (χ4v) is 5.43. The number of anilines is 1. The molecule has 1 saturated carbocycles. The van der Waals surface area contributed by atoms with E-state index in [2.05, 4.69) is 31.1 Å². The minimum absolute atomic E-state index is 0.163. The highest BCUT2D eigenvalue weighted by atomic mass is 32.2. The lowest BCUT2D eigenvalue weighted by atomic mass is 10.1. The van der Waals surface area contributed by atoms with Crippen LogP contribution in [0.5, 0.6) is 0 Å². The molecule has 34 heavy (non-hydrogen) atoms. The number of rotatable bonds is 8. The third-order valence-corrected chi connectivity index (χ3v) is 8.43. The van der Waals surface area contributed by atoms with Gasteiger partial charge in [0.05, 0.1) is 10.6 Å². The van der Waals surface area contributed by atoms with Gasteiger partial charge in [0.25, 0.3) is 0 Å². The van der Waals surface area contributed by atoms with Crippen LogP contribution in [0.25, 0.3) is 22.3 Å². The van der Waals surface area contributed by atoms with Crippen LogP contribution < -0.4 is 5.32 Å². The predicted molar refractivity (Wildman–Crippen MR) is 132 cm³/mol. The molecule has 11 heteroatoms. The maximum atomic E-state index is 12.6. The number of benzene rings is 2. The van der Waals surface area contributed by atoms with E-state index >= 15 is 0 Å². The molecule has 0 saturated heterocycles. The Morgan fingerprint density at radius 1 is 1.15 bits per heavy atom. The molecule has 176 valence electrons. The van der Waals surface area contributed by atoms with E-state index in [0.717, 1.165) is 39.4 Å². The number of aromatic nitrogens is 4. The number of aromatic amines is 1. The van der Waals surface area contributed by atoms with Crippen molar-refractivity contribution >= 4 is 44.3 Å². The molecule has 2 aromatic carbocycles. The smallest absolute Gasteiger partial charge is 0.242 e. The number of carbonyl (C=O) groups is 1. The summed E-state index contributed by atoms with van der Waals surface area (Å²) >= 11 is 1.34. The van der Waals surface area contributed by atoms with Crippen molar-refractivity contribution in [1.82, 2.24) is 24.1 Å². The maximum absolute atomic E-state index is 12.6. The van der Waals surface area contributed by atoms with Crippen LogP contribution in [0.2, 0.25) is 0 Å². The van der Waals surface area contributed by atoms with Crippen molar-refractivity contribution in [2.24, 2.45) is 0 Å². The molecule has 2 N–H and O–H groups in total. The summed E-state index contributed by atoms with van der Waals surface area (Å²) in [5.41, 5.74) is 2.58. The van der Waals surface area contributed by atoms with Gasteiger partial charge in [-0.15, -0.1) is 10.2 Å². The van der Waals surface area contributed by atoms with Crippen LogP contribution in [0.3, 0.4) is 0 Å². The summed E-state index contributed by atoms with van der Waals surface area (Å²) in [5.74, 6) is 0.768. The third kappa shape index (κ3) is 4.33. The number of amides is 1. The van der Waals surface area contributed by atoms with Crippen LogP contribution >= 0.6 is 11.8 Å². The minimum atomic E-state index is -3.51. The monoisotopic (exact) mass is 496 g/mol. The van der Waals surface area contributed by atoms with Gasteiger partial charge in [0.15, 0.2) is 11.0 Å². The van der Waals surface area contributed by atoms with E-state index in [9.17, 15) is 13.2 Å². The van der Waals surface area contributed by atoms with Gasteiger partial charge in [-0.05, 0) is 43.2 Å². The van der Waals surface area contributed by atoms with Crippen molar-refractivity contribution in [3.8, 4) is 11.4 Å². The van der Waals surface area contributed by atoms with E-state index in [1.807, 2.05) is 24.4 Å². The highest BCUT2D eigenvalue weighted by molar-refractivity contribution is 7.99. The first-order chi connectivity index (χ1) is 16.3. The minimum Gasteiger partial charge on any atom is -0.360 e. The number of sulfonamides is 1. The van der Waals surface area contributed by atoms with Gasteiger partial charge in [0.1, 0.15) is 0 Å². The Bertz CT molecular complexity index is 1450. The van der Waals surface area contributed by atoms with Crippen LogP contribution in [0.15, 0.2) is 64.8 Å². The standard InChI is InChI=1S/C23H24N6O3S2/c1-28(2)34(31,32)17-11-7-15(8-12-17)25-21(30)14-33-23-27-26-22(29(23)16-9-10-16)19-13-24-20-6-4-3-5-18(19)20/h3-8,11-13,16,24H,9-10,14H2,1-2H3,(H,25,30). The molecule has 1 aliphatic carbocycles. The van der Waals surface area contributed by atoms with Crippen molar-refractivity contribution in [2.45, 2.75) is 28.9 Å². The summed E-state index contributed by atoms with van der Waals surface area (Å²) in [6.45, 7) is 0. The molecule has 0 aliphatic heterocycles. The van der Waals surface area contributed by atoms with Crippen LogP contribution in [-0.4, -0.2) is 58.2 Å². The molecule has 0 bridgehead atoms. The Labute approximate surface area is 201 Å². The SMILES string of the molecule is CN(C)S(=O)(=O)c1ccc(NC(=O)CSc2nnc(-c3c[nH]c4ccccc34)n2C2CC2)cc1. The lowest BCUT2D eigenvalue weighted by Gasteiger charge is -2.12. The van der Waals surface area contributed by atoms with Gasteiger partial charge >= 0.3 is 0 Å². The lowest BCUT2D eigenvalue weighted by molar-refractivity contribution is -0.113. The van der Waals surface area contributed by atoms with Crippen molar-refractivity contribution < 1.29 is 13.2 Å². The quantitative estimate of drug-likeness (QED) is 0.359. The van der Waals surface area contributed by atoms with Gasteiger partial charge < -0.3 is 10.3 Å². The summed E-state index contributed by atoms with van der Waals surface area (Å²) in [4.78, 5) is 16.0. The molecule has 0 unspecified atom stereocenters. The summed E-state index contributed by atoms with van der Waals surface area (Å²) < 4.78 is 27.7. The zero-order valence-corrected chi connectivity index (χ0v) is 20.4. The first-order valence-corrected chi connectivity index (χ1v) is 13.2. The van der Waals surface area contributed by atoms with E-state index < -0.39 is 10.0 Å². The van der Waals surface area contributed by atoms with Gasteiger partial charge in [-0.1, -0.05) is 30.0 Å². The first kappa shape index (κ1) is 22.6. The van der Waals surface area contributed by atoms with E-state index in [1.165, 1.54) is 38.0 Å². The fraction of sp³-hybridized carbons (Fsp3) is 0.261. The van der Waals surface area contributed by atoms with Crippen molar-refractivity contribution in [1.29, 1.82) is 0 Å². The second-order valence-electron chi connectivity index (χ2n) is 8.30. The highest BCUT2D eigenvalue weighted by Crippen LogP contribution is 2.42. The molecule has 2 heterocycles. The summed E-state index contributed by atoms with van der Waals surface area (Å²) in [6, 6.07) is 14.5. The molecule has 9 nitrogen and oxygen atoms in total. The van der Waals surface area contributed by atoms with Crippen LogP contribution in [0.1, 0.15) is 18.9 Å². The molecule has 0 radical (unpaired) electrons. The number of fused-ring (bicyclic) bond motifs is 1. The lowest BCUT2D eigenvalue weighted by Crippen LogP contribution is -2.22. The number of thioether (sulfide) groups is 1. The molecule has 0 atom stereocenters. The van der Waals surface area contributed by atoms with E-state index in [0.29, 0.717) is 16.9 Å².